The standard InChI is InChI=1S/C6H10O5.2Ca.4H/c1-3(7)6(10)11-4(2)5(8)9;;;;;;/h3-4,7H,1-2H3,(H,8,9);;;;;;. The van der Waals surface area contributed by atoms with Gasteiger partial charge in [-0.05, 0) is 13.8 Å². The van der Waals surface area contributed by atoms with Crippen molar-refractivity contribution < 1.29 is 24.5 Å². The quantitative estimate of drug-likeness (QED) is 0.427. The van der Waals surface area contributed by atoms with E-state index in [2.05, 4.69) is 4.74 Å². The molecule has 0 aromatic carbocycles. The van der Waals surface area contributed by atoms with Crippen LogP contribution in [0.2, 0.25) is 0 Å². The molecule has 0 saturated heterocycles. The Balaban J connectivity index is -0.000000500. The van der Waals surface area contributed by atoms with Crippen molar-refractivity contribution >= 4 is 87.4 Å². The molecule has 2 N–H and O–H groups in total. The van der Waals surface area contributed by atoms with Crippen LogP contribution in [0.3, 0.4) is 0 Å². The third-order valence-corrected chi connectivity index (χ3v) is 0.982. The van der Waals surface area contributed by atoms with Crippen LogP contribution in [-0.4, -0.2) is 110 Å². The van der Waals surface area contributed by atoms with Gasteiger partial charge >= 0.3 is 87.4 Å². The number of hydrogen-bond donors (Lipinski definition) is 2. The van der Waals surface area contributed by atoms with E-state index in [9.17, 15) is 9.59 Å². The van der Waals surface area contributed by atoms with Gasteiger partial charge in [0.15, 0.2) is 6.10 Å². The van der Waals surface area contributed by atoms with E-state index in [4.69, 9.17) is 10.2 Å². The monoisotopic (exact) mass is 246 g/mol. The van der Waals surface area contributed by atoms with Crippen molar-refractivity contribution in [2.45, 2.75) is 26.1 Å². The van der Waals surface area contributed by atoms with Crippen LogP contribution in [0.1, 0.15) is 13.8 Å². The van der Waals surface area contributed by atoms with Crippen LogP contribution in [-0.2, 0) is 14.3 Å². The number of aliphatic hydroxyl groups is 1. The molecule has 7 heteroatoms. The van der Waals surface area contributed by atoms with E-state index in [0.717, 1.165) is 0 Å². The average molecular weight is 246 g/mol. The first-order valence-electron chi connectivity index (χ1n) is 3.06. The van der Waals surface area contributed by atoms with Gasteiger partial charge in [0, 0.05) is 0 Å². The summed E-state index contributed by atoms with van der Waals surface area (Å²) in [5.74, 6) is -2.17. The molecular formula is C6H14Ca2O5. The van der Waals surface area contributed by atoms with Crippen LogP contribution in [0.15, 0.2) is 0 Å². The number of rotatable bonds is 3. The van der Waals surface area contributed by atoms with Crippen LogP contribution in [0, 0.1) is 0 Å². The minimum absolute atomic E-state index is 0. The minimum atomic E-state index is -1.28. The Bertz CT molecular complexity index is 170. The van der Waals surface area contributed by atoms with Crippen LogP contribution < -0.4 is 0 Å². The van der Waals surface area contributed by atoms with Gasteiger partial charge in [-0.2, -0.15) is 0 Å². The molecule has 2 unspecified atom stereocenters. The van der Waals surface area contributed by atoms with Gasteiger partial charge in [0.05, 0.1) is 0 Å². The molecule has 0 aliphatic carbocycles. The summed E-state index contributed by atoms with van der Waals surface area (Å²) in [7, 11) is 0. The molecule has 0 aliphatic heterocycles. The number of ether oxygens (including phenoxy) is 1. The molecule has 0 rings (SSSR count). The predicted octanol–water partition coefficient (Wildman–Crippen LogP) is -2.45. The first-order valence-corrected chi connectivity index (χ1v) is 3.06. The molecule has 0 aromatic heterocycles. The zero-order chi connectivity index (χ0) is 9.02. The maximum atomic E-state index is 10.5. The van der Waals surface area contributed by atoms with Crippen LogP contribution >= 0.6 is 0 Å². The zero-order valence-electron chi connectivity index (χ0n) is 6.27. The number of carbonyl (C=O) groups excluding carboxylic acids is 1. The van der Waals surface area contributed by atoms with Crippen LogP contribution in [0.25, 0.3) is 0 Å². The van der Waals surface area contributed by atoms with Crippen molar-refractivity contribution in [2.75, 3.05) is 0 Å². The second-order valence-corrected chi connectivity index (χ2v) is 2.09. The fraction of sp³-hybridized carbons (Fsp3) is 0.667. The summed E-state index contributed by atoms with van der Waals surface area (Å²) in [4.78, 5) is 20.6. The second-order valence-electron chi connectivity index (χ2n) is 2.09. The van der Waals surface area contributed by atoms with Crippen molar-refractivity contribution in [2.24, 2.45) is 0 Å². The van der Waals surface area contributed by atoms with E-state index in [-0.39, 0.29) is 75.5 Å². The van der Waals surface area contributed by atoms with Gasteiger partial charge in [0.2, 0.25) is 0 Å². The molecule has 0 aromatic rings. The van der Waals surface area contributed by atoms with Gasteiger partial charge in [-0.25, -0.2) is 9.59 Å². The topological polar surface area (TPSA) is 83.8 Å². The molecule has 0 heterocycles. The van der Waals surface area contributed by atoms with E-state index in [1.807, 2.05) is 0 Å². The summed E-state index contributed by atoms with van der Waals surface area (Å²) in [6.07, 6.45) is -2.49. The third-order valence-electron chi connectivity index (χ3n) is 0.982. The van der Waals surface area contributed by atoms with Gasteiger partial charge in [-0.3, -0.25) is 0 Å². The summed E-state index contributed by atoms with van der Waals surface area (Å²) in [6, 6.07) is 0. The van der Waals surface area contributed by atoms with Crippen molar-refractivity contribution in [1.29, 1.82) is 0 Å². The molecule has 13 heavy (non-hydrogen) atoms. The number of aliphatic carboxylic acids is 1. The van der Waals surface area contributed by atoms with Crippen LogP contribution in [0.5, 0.6) is 0 Å². The van der Waals surface area contributed by atoms with Crippen molar-refractivity contribution in [3.63, 3.8) is 0 Å². The Morgan fingerprint density at radius 1 is 1.23 bits per heavy atom. The van der Waals surface area contributed by atoms with E-state index in [1.54, 1.807) is 0 Å². The summed E-state index contributed by atoms with van der Waals surface area (Å²) < 4.78 is 4.28. The Labute approximate surface area is 136 Å². The predicted molar refractivity (Wildman–Crippen MR) is 52.0 cm³/mol. The van der Waals surface area contributed by atoms with Crippen molar-refractivity contribution in [1.82, 2.24) is 0 Å². The fourth-order valence-electron chi connectivity index (χ4n) is 0.323. The van der Waals surface area contributed by atoms with E-state index >= 15 is 0 Å². The zero-order valence-corrected chi connectivity index (χ0v) is 6.27. The van der Waals surface area contributed by atoms with Gasteiger partial charge in [-0.1, -0.05) is 0 Å². The normalized spacial score (nSPS) is 12.8. The Morgan fingerprint density at radius 3 is 1.85 bits per heavy atom. The molecule has 0 fully saturated rings. The summed E-state index contributed by atoms with van der Waals surface area (Å²) in [5.41, 5.74) is 0. The molecule has 5 nitrogen and oxygen atoms in total. The molecular weight excluding hydrogens is 232 g/mol. The number of esters is 1. The van der Waals surface area contributed by atoms with Crippen LogP contribution in [0.4, 0.5) is 0 Å². The van der Waals surface area contributed by atoms with Gasteiger partial charge < -0.3 is 14.9 Å². The van der Waals surface area contributed by atoms with Gasteiger partial charge in [0.25, 0.3) is 0 Å². The number of carboxylic acids is 1. The number of carbonyl (C=O) groups is 2. The molecule has 0 spiro atoms. The van der Waals surface area contributed by atoms with Gasteiger partial charge in [0.1, 0.15) is 6.10 Å². The Kier molecular flexibility index (Phi) is 15.2. The maximum absolute atomic E-state index is 10.5. The second kappa shape index (κ2) is 9.96. The third kappa shape index (κ3) is 9.72. The first kappa shape index (κ1) is 19.9. The Morgan fingerprint density at radius 2 is 1.62 bits per heavy atom. The number of aliphatic hydroxyl groups excluding tert-OH is 1. The molecule has 0 amide bonds. The summed E-state index contributed by atoms with van der Waals surface area (Å²) >= 11 is 0. The summed E-state index contributed by atoms with van der Waals surface area (Å²) in [5, 5.41) is 16.8. The number of carboxylic acid groups (broad SMARTS) is 1. The fourth-order valence-corrected chi connectivity index (χ4v) is 0.323. The molecule has 72 valence electrons. The molecule has 0 bridgehead atoms. The molecule has 0 radical (unpaired) electrons. The van der Waals surface area contributed by atoms with E-state index in [1.165, 1.54) is 13.8 Å². The van der Waals surface area contributed by atoms with Crippen molar-refractivity contribution in [3.05, 3.63) is 0 Å². The Hall–Kier alpha value is 1.42. The molecule has 0 saturated carbocycles. The summed E-state index contributed by atoms with van der Waals surface area (Å²) in [6.45, 7) is 2.42. The SMILES string of the molecule is CC(O)C(=O)OC(C)C(=O)O.[CaH2].[CaH2]. The van der Waals surface area contributed by atoms with E-state index < -0.39 is 24.1 Å². The average Bonchev–Trinajstić information content (AvgIpc) is 1.87. The van der Waals surface area contributed by atoms with E-state index in [0.29, 0.717) is 0 Å². The van der Waals surface area contributed by atoms with Crippen molar-refractivity contribution in [3.8, 4) is 0 Å². The first-order chi connectivity index (χ1) is 4.95. The molecule has 0 aliphatic rings. The molecule has 2 atom stereocenters. The number of hydrogen-bond acceptors (Lipinski definition) is 4. The van der Waals surface area contributed by atoms with Gasteiger partial charge in [-0.15, -0.1) is 0 Å².